The highest BCUT2D eigenvalue weighted by atomic mass is 31.0. The van der Waals surface area contributed by atoms with Crippen molar-refractivity contribution in [3.05, 3.63) is 0 Å². The summed E-state index contributed by atoms with van der Waals surface area (Å²) in [5.74, 6) is 2.18. The van der Waals surface area contributed by atoms with Gasteiger partial charge in [0, 0.05) is 0 Å². The minimum atomic E-state index is 0.819. The fraction of sp³-hybridized carbons (Fsp3) is 1.00. The highest BCUT2D eigenvalue weighted by Gasteiger charge is 2.71. The van der Waals surface area contributed by atoms with E-state index in [-0.39, 0.29) is 0 Å². The van der Waals surface area contributed by atoms with Gasteiger partial charge in [0.2, 0.25) is 0 Å². The quantitative estimate of drug-likeness (QED) is 0.539. The van der Waals surface area contributed by atoms with E-state index in [2.05, 4.69) is 23.1 Å². The molecule has 0 nitrogen and oxygen atoms in total. The van der Waals surface area contributed by atoms with Gasteiger partial charge in [-0.15, -0.1) is 9.24 Å². The van der Waals surface area contributed by atoms with Crippen LogP contribution in [-0.2, 0) is 0 Å². The number of hydrogen-bond acceptors (Lipinski definition) is 0. The lowest BCUT2D eigenvalue weighted by Crippen LogP contribution is -2.27. The molecule has 2 rings (SSSR count). The molecule has 0 spiro atoms. The summed E-state index contributed by atoms with van der Waals surface area (Å²) >= 11 is 0. The molecule has 2 aliphatic rings. The molecule has 10 heavy (non-hydrogen) atoms. The third-order valence-corrected chi connectivity index (χ3v) is 5.12. The van der Waals surface area contributed by atoms with E-state index in [4.69, 9.17) is 0 Å². The van der Waals surface area contributed by atoms with Crippen LogP contribution in [0.1, 0.15) is 33.1 Å². The Morgan fingerprint density at radius 1 is 1.50 bits per heavy atom. The molecule has 2 aliphatic carbocycles. The Hall–Kier alpha value is 0.430. The molecule has 2 fully saturated rings. The van der Waals surface area contributed by atoms with Crippen LogP contribution in [0, 0.1) is 17.3 Å². The Morgan fingerprint density at radius 2 is 2.20 bits per heavy atom. The lowest BCUT2D eigenvalue weighted by Gasteiger charge is -2.35. The van der Waals surface area contributed by atoms with Crippen molar-refractivity contribution in [1.29, 1.82) is 0 Å². The average molecular weight is 156 g/mol. The molecule has 0 aromatic rings. The van der Waals surface area contributed by atoms with Gasteiger partial charge in [-0.1, -0.05) is 20.3 Å². The fourth-order valence-corrected chi connectivity index (χ4v) is 4.37. The van der Waals surface area contributed by atoms with Crippen LogP contribution in [-0.4, -0.2) is 5.66 Å². The van der Waals surface area contributed by atoms with Crippen molar-refractivity contribution in [2.24, 2.45) is 17.3 Å². The van der Waals surface area contributed by atoms with Crippen LogP contribution in [0.3, 0.4) is 0 Å². The van der Waals surface area contributed by atoms with E-state index in [1.54, 1.807) is 0 Å². The Balaban J connectivity index is 2.07. The van der Waals surface area contributed by atoms with Crippen LogP contribution in [0.15, 0.2) is 0 Å². The number of hydrogen-bond donors (Lipinski definition) is 0. The largest absolute Gasteiger partial charge is 0.134 e. The highest BCUT2D eigenvalue weighted by Crippen LogP contribution is 2.76. The molecular formula is C9H17P. The van der Waals surface area contributed by atoms with Crippen molar-refractivity contribution in [1.82, 2.24) is 0 Å². The van der Waals surface area contributed by atoms with Crippen molar-refractivity contribution in [3.63, 3.8) is 0 Å². The van der Waals surface area contributed by atoms with Crippen molar-refractivity contribution in [2.45, 2.75) is 38.8 Å². The van der Waals surface area contributed by atoms with Crippen LogP contribution in [0.4, 0.5) is 0 Å². The minimum Gasteiger partial charge on any atom is -0.134 e. The van der Waals surface area contributed by atoms with Crippen LogP contribution in [0.25, 0.3) is 0 Å². The van der Waals surface area contributed by atoms with Crippen molar-refractivity contribution < 1.29 is 0 Å². The Kier molecular flexibility index (Phi) is 1.40. The molecule has 58 valence electrons. The zero-order chi connectivity index (χ0) is 7.35. The number of rotatable bonds is 2. The summed E-state index contributed by atoms with van der Waals surface area (Å²) in [4.78, 5) is 0. The summed E-state index contributed by atoms with van der Waals surface area (Å²) < 4.78 is 0. The standard InChI is InChI=1S/C9H17P/c1-3-6-5-7-8(10)9(6,7)4-2/h6-8H,3-5,10H2,1-2H3. The van der Waals surface area contributed by atoms with Crippen molar-refractivity contribution in [3.8, 4) is 0 Å². The summed E-state index contributed by atoms with van der Waals surface area (Å²) in [6.45, 7) is 4.70. The topological polar surface area (TPSA) is 0 Å². The predicted octanol–water partition coefficient (Wildman–Crippen LogP) is 2.69. The molecule has 0 N–H and O–H groups in total. The molecule has 5 atom stereocenters. The van der Waals surface area contributed by atoms with Crippen LogP contribution in [0.2, 0.25) is 0 Å². The van der Waals surface area contributed by atoms with Gasteiger partial charge in [0.25, 0.3) is 0 Å². The lowest BCUT2D eigenvalue weighted by molar-refractivity contribution is 0.146. The van der Waals surface area contributed by atoms with Gasteiger partial charge in [-0.25, -0.2) is 0 Å². The van der Waals surface area contributed by atoms with Crippen LogP contribution >= 0.6 is 9.24 Å². The number of fused-ring (bicyclic) bond motifs is 1. The van der Waals surface area contributed by atoms with Gasteiger partial charge < -0.3 is 0 Å². The first-order chi connectivity index (χ1) is 4.77. The molecule has 0 saturated heterocycles. The van der Waals surface area contributed by atoms with E-state index >= 15 is 0 Å². The maximum atomic E-state index is 3.04. The van der Waals surface area contributed by atoms with E-state index < -0.39 is 0 Å². The van der Waals surface area contributed by atoms with Gasteiger partial charge in [0.1, 0.15) is 0 Å². The Bertz CT molecular complexity index is 149. The summed E-state index contributed by atoms with van der Waals surface area (Å²) in [6.07, 6.45) is 4.36. The molecule has 5 unspecified atom stereocenters. The first kappa shape index (κ1) is 7.10. The summed E-state index contributed by atoms with van der Waals surface area (Å²) in [5, 5.41) is 0. The molecule has 0 heterocycles. The Morgan fingerprint density at radius 3 is 2.40 bits per heavy atom. The van der Waals surface area contributed by atoms with Gasteiger partial charge in [-0.2, -0.15) is 0 Å². The molecule has 0 bridgehead atoms. The van der Waals surface area contributed by atoms with Gasteiger partial charge in [0.15, 0.2) is 0 Å². The third-order valence-electron chi connectivity index (χ3n) is 4.04. The van der Waals surface area contributed by atoms with Crippen LogP contribution in [0.5, 0.6) is 0 Å². The maximum Gasteiger partial charge on any atom is -0.0168 e. The zero-order valence-corrected chi connectivity index (χ0v) is 8.09. The normalized spacial score (nSPS) is 57.3. The average Bonchev–Trinajstić information content (AvgIpc) is 2.31. The van der Waals surface area contributed by atoms with Gasteiger partial charge in [-0.3, -0.25) is 0 Å². The summed E-state index contributed by atoms with van der Waals surface area (Å²) in [5.41, 5.74) is 1.81. The molecule has 0 aromatic carbocycles. The maximum absolute atomic E-state index is 3.04. The molecule has 0 amide bonds. The van der Waals surface area contributed by atoms with Crippen molar-refractivity contribution in [2.75, 3.05) is 0 Å². The summed E-state index contributed by atoms with van der Waals surface area (Å²) in [6, 6.07) is 0. The van der Waals surface area contributed by atoms with E-state index in [0.29, 0.717) is 0 Å². The smallest absolute Gasteiger partial charge is 0.0168 e. The molecule has 2 saturated carbocycles. The lowest BCUT2D eigenvalue weighted by atomic mass is 9.70. The monoisotopic (exact) mass is 156 g/mol. The zero-order valence-electron chi connectivity index (χ0n) is 6.93. The molecule has 0 aliphatic heterocycles. The SMILES string of the molecule is CCC1CC2C(P)C12CC. The van der Waals surface area contributed by atoms with Gasteiger partial charge in [0.05, 0.1) is 0 Å². The first-order valence-corrected chi connectivity index (χ1v) is 5.19. The van der Waals surface area contributed by atoms with E-state index in [1.165, 1.54) is 19.3 Å². The second-order valence-corrected chi connectivity index (χ2v) is 4.66. The second kappa shape index (κ2) is 1.97. The first-order valence-electron chi connectivity index (χ1n) is 4.53. The third kappa shape index (κ3) is 0.537. The second-order valence-electron chi connectivity index (χ2n) is 3.94. The van der Waals surface area contributed by atoms with E-state index in [0.717, 1.165) is 22.9 Å². The predicted molar refractivity (Wildman–Crippen MR) is 48.1 cm³/mol. The van der Waals surface area contributed by atoms with E-state index in [9.17, 15) is 0 Å². The minimum absolute atomic E-state index is 0.819. The van der Waals surface area contributed by atoms with Crippen molar-refractivity contribution >= 4 is 9.24 Å². The molecule has 1 heteroatoms. The molecular weight excluding hydrogens is 139 g/mol. The van der Waals surface area contributed by atoms with Crippen LogP contribution < -0.4 is 0 Å². The molecule has 0 aromatic heterocycles. The molecule has 0 radical (unpaired) electrons. The van der Waals surface area contributed by atoms with Gasteiger partial charge in [-0.05, 0) is 35.8 Å². The summed E-state index contributed by atoms with van der Waals surface area (Å²) in [7, 11) is 3.04. The fourth-order valence-electron chi connectivity index (χ4n) is 3.21. The van der Waals surface area contributed by atoms with E-state index in [1.807, 2.05) is 0 Å². The van der Waals surface area contributed by atoms with Gasteiger partial charge >= 0.3 is 0 Å². The Labute approximate surface area is 66.0 Å². The highest BCUT2D eigenvalue weighted by molar-refractivity contribution is 7.18.